The van der Waals surface area contributed by atoms with E-state index >= 15 is 0 Å². The van der Waals surface area contributed by atoms with Gasteiger partial charge in [0.25, 0.3) is 0 Å². The van der Waals surface area contributed by atoms with Gasteiger partial charge in [-0.3, -0.25) is 0 Å². The molecule has 0 aromatic heterocycles. The van der Waals surface area contributed by atoms with E-state index in [0.29, 0.717) is 0 Å². The van der Waals surface area contributed by atoms with Crippen LogP contribution in [0.4, 0.5) is 0 Å². The Bertz CT molecular complexity index is 525. The van der Waals surface area contributed by atoms with Gasteiger partial charge in [0.1, 0.15) is 0 Å². The highest BCUT2D eigenvalue weighted by Gasteiger charge is 2.34. The molecule has 0 spiro atoms. The summed E-state index contributed by atoms with van der Waals surface area (Å²) < 4.78 is 0. The normalized spacial score (nSPS) is 17.3. The molecule has 86 valence electrons. The monoisotopic (exact) mass is 222 g/mol. The van der Waals surface area contributed by atoms with Crippen molar-refractivity contribution < 1.29 is 0 Å². The van der Waals surface area contributed by atoms with Crippen molar-refractivity contribution in [2.24, 2.45) is 0 Å². The largest absolute Gasteiger partial charge is 0.0991 e. The maximum absolute atomic E-state index is 3.95. The highest BCUT2D eigenvalue weighted by atomic mass is 14.4. The van der Waals surface area contributed by atoms with Crippen LogP contribution >= 0.6 is 0 Å². The van der Waals surface area contributed by atoms with Crippen LogP contribution in [0.25, 0.3) is 5.57 Å². The minimum Gasteiger partial charge on any atom is -0.0991 e. The summed E-state index contributed by atoms with van der Waals surface area (Å²) in [7, 11) is 0. The van der Waals surface area contributed by atoms with Crippen LogP contribution in [0.15, 0.2) is 67.3 Å². The minimum absolute atomic E-state index is 0.0413. The zero-order chi connectivity index (χ0) is 12.5. The molecule has 1 aliphatic rings. The lowest BCUT2D eigenvalue weighted by Crippen LogP contribution is -2.15. The van der Waals surface area contributed by atoms with Gasteiger partial charge in [-0.25, -0.2) is 0 Å². The van der Waals surface area contributed by atoms with Gasteiger partial charge in [-0.2, -0.15) is 0 Å². The number of allylic oxidation sites excluding steroid dienone is 6. The van der Waals surface area contributed by atoms with E-state index in [4.69, 9.17) is 0 Å². The van der Waals surface area contributed by atoms with Crippen molar-refractivity contribution in [3.63, 3.8) is 0 Å². The first-order chi connectivity index (χ1) is 8.12. The van der Waals surface area contributed by atoms with Gasteiger partial charge < -0.3 is 0 Å². The summed E-state index contributed by atoms with van der Waals surface area (Å²) in [5.41, 5.74) is 5.27. The molecule has 17 heavy (non-hydrogen) atoms. The lowest BCUT2D eigenvalue weighted by molar-refractivity contribution is 0.654. The summed E-state index contributed by atoms with van der Waals surface area (Å²) in [6.45, 7) is 12.2. The molecule has 2 rings (SSSR count). The van der Waals surface area contributed by atoms with E-state index in [1.54, 1.807) is 0 Å². The van der Waals surface area contributed by atoms with Crippen LogP contribution in [0.5, 0.6) is 0 Å². The zero-order valence-corrected chi connectivity index (χ0v) is 10.5. The molecule has 1 aromatic rings. The van der Waals surface area contributed by atoms with Crippen LogP contribution in [0.3, 0.4) is 0 Å². The van der Waals surface area contributed by atoms with Crippen LogP contribution in [-0.2, 0) is 5.41 Å². The van der Waals surface area contributed by atoms with Gasteiger partial charge in [-0.15, -0.1) is 0 Å². The highest BCUT2D eigenvalue weighted by Crippen LogP contribution is 2.46. The van der Waals surface area contributed by atoms with E-state index in [0.717, 1.165) is 0 Å². The predicted molar refractivity (Wildman–Crippen MR) is 75.9 cm³/mol. The molecular formula is C17H18. The van der Waals surface area contributed by atoms with Gasteiger partial charge in [-0.05, 0) is 22.3 Å². The van der Waals surface area contributed by atoms with E-state index in [1.807, 2.05) is 18.2 Å². The molecule has 0 saturated carbocycles. The Hall–Kier alpha value is -1.82. The fraction of sp³-hybridized carbons (Fsp3) is 0.176. The molecule has 0 amide bonds. The molecule has 1 aromatic carbocycles. The number of fused-ring (bicyclic) bond motifs is 1. The molecule has 0 N–H and O–H groups in total. The summed E-state index contributed by atoms with van der Waals surface area (Å²) >= 11 is 0. The third kappa shape index (κ3) is 1.70. The van der Waals surface area contributed by atoms with E-state index in [2.05, 4.69) is 57.3 Å². The molecule has 1 aliphatic carbocycles. The fourth-order valence-corrected chi connectivity index (χ4v) is 2.57. The molecule has 0 heterocycles. The lowest BCUT2D eigenvalue weighted by Gasteiger charge is -2.22. The van der Waals surface area contributed by atoms with Crippen molar-refractivity contribution in [3.05, 3.63) is 78.4 Å². The van der Waals surface area contributed by atoms with Gasteiger partial charge in [0.05, 0.1) is 0 Å². The zero-order valence-electron chi connectivity index (χ0n) is 10.5. The lowest BCUT2D eigenvalue weighted by atomic mass is 9.81. The third-order valence-electron chi connectivity index (χ3n) is 3.46. The smallest absolute Gasteiger partial charge is 0.0158 e. The SMILES string of the molecule is C=C/C=C\C1=C(C=C)c2ccccc2C1(C)C. The third-order valence-corrected chi connectivity index (χ3v) is 3.46. The van der Waals surface area contributed by atoms with E-state index in [-0.39, 0.29) is 5.41 Å². The molecule has 0 fully saturated rings. The maximum atomic E-state index is 3.95. The first-order valence-corrected chi connectivity index (χ1v) is 5.89. The van der Waals surface area contributed by atoms with Gasteiger partial charge in [0.2, 0.25) is 0 Å². The van der Waals surface area contributed by atoms with Crippen molar-refractivity contribution in [1.82, 2.24) is 0 Å². The van der Waals surface area contributed by atoms with Crippen LogP contribution in [0.2, 0.25) is 0 Å². The average molecular weight is 222 g/mol. The Morgan fingerprint density at radius 1 is 1.12 bits per heavy atom. The van der Waals surface area contributed by atoms with Gasteiger partial charge in [0, 0.05) is 5.41 Å². The van der Waals surface area contributed by atoms with Gasteiger partial charge >= 0.3 is 0 Å². The molecule has 0 bridgehead atoms. The van der Waals surface area contributed by atoms with E-state index < -0.39 is 0 Å². The van der Waals surface area contributed by atoms with Crippen LogP contribution < -0.4 is 0 Å². The van der Waals surface area contributed by atoms with Crippen molar-refractivity contribution in [2.45, 2.75) is 19.3 Å². The second kappa shape index (κ2) is 4.21. The molecule has 0 unspecified atom stereocenters. The van der Waals surface area contributed by atoms with Crippen molar-refractivity contribution in [2.75, 3.05) is 0 Å². The number of benzene rings is 1. The standard InChI is InChI=1S/C17H18/c1-5-7-11-15-13(6-2)14-10-8-9-12-16(14)17(15,3)4/h5-12H,1-2H2,3-4H3/b11-7-. The Balaban J connectivity index is 2.69. The quantitative estimate of drug-likeness (QED) is 0.652. The van der Waals surface area contributed by atoms with E-state index in [9.17, 15) is 0 Å². The first kappa shape index (κ1) is 11.7. The molecule has 0 nitrogen and oxygen atoms in total. The van der Waals surface area contributed by atoms with Crippen LogP contribution in [0, 0.1) is 0 Å². The predicted octanol–water partition coefficient (Wildman–Crippen LogP) is 4.66. The molecular weight excluding hydrogens is 204 g/mol. The van der Waals surface area contributed by atoms with Crippen LogP contribution in [0.1, 0.15) is 25.0 Å². The molecule has 0 aliphatic heterocycles. The second-order valence-corrected chi connectivity index (χ2v) is 4.80. The number of hydrogen-bond donors (Lipinski definition) is 0. The van der Waals surface area contributed by atoms with E-state index in [1.165, 1.54) is 22.3 Å². The topological polar surface area (TPSA) is 0 Å². The Kier molecular flexibility index (Phi) is 2.89. The summed E-state index contributed by atoms with van der Waals surface area (Å²) in [4.78, 5) is 0. The van der Waals surface area contributed by atoms with Crippen LogP contribution in [-0.4, -0.2) is 0 Å². The average Bonchev–Trinajstić information content (AvgIpc) is 2.55. The second-order valence-electron chi connectivity index (χ2n) is 4.80. The highest BCUT2D eigenvalue weighted by molar-refractivity contribution is 5.87. The van der Waals surface area contributed by atoms with Gasteiger partial charge in [-0.1, -0.05) is 75.6 Å². The molecule has 0 heteroatoms. The van der Waals surface area contributed by atoms with Crippen molar-refractivity contribution in [1.29, 1.82) is 0 Å². The minimum atomic E-state index is 0.0413. The Morgan fingerprint density at radius 2 is 1.82 bits per heavy atom. The summed E-state index contributed by atoms with van der Waals surface area (Å²) in [6.07, 6.45) is 7.90. The fourth-order valence-electron chi connectivity index (χ4n) is 2.57. The van der Waals surface area contributed by atoms with Crippen molar-refractivity contribution >= 4 is 5.57 Å². The van der Waals surface area contributed by atoms with Crippen molar-refractivity contribution in [3.8, 4) is 0 Å². The summed E-state index contributed by atoms with van der Waals surface area (Å²) in [5.74, 6) is 0. The summed E-state index contributed by atoms with van der Waals surface area (Å²) in [6, 6.07) is 8.55. The number of rotatable bonds is 3. The van der Waals surface area contributed by atoms with Gasteiger partial charge in [0.15, 0.2) is 0 Å². The summed E-state index contributed by atoms with van der Waals surface area (Å²) in [5, 5.41) is 0. The number of hydrogen-bond acceptors (Lipinski definition) is 0. The molecule has 0 saturated heterocycles. The first-order valence-electron chi connectivity index (χ1n) is 5.89. The maximum Gasteiger partial charge on any atom is 0.0158 e. The molecule has 0 radical (unpaired) electrons. The Labute approximate surface area is 104 Å². The molecule has 0 atom stereocenters. The Morgan fingerprint density at radius 3 is 2.47 bits per heavy atom.